The molecule has 2 heterocycles. The van der Waals surface area contributed by atoms with Gasteiger partial charge in [0, 0.05) is 33.8 Å². The summed E-state index contributed by atoms with van der Waals surface area (Å²) in [5, 5.41) is 1.08. The Labute approximate surface area is 109 Å². The summed E-state index contributed by atoms with van der Waals surface area (Å²) in [5.41, 5.74) is 7.51. The van der Waals surface area contributed by atoms with Gasteiger partial charge in [-0.05, 0) is 24.3 Å². The Balaban J connectivity index is 2.10. The zero-order valence-corrected chi connectivity index (χ0v) is 10.4. The second-order valence-corrected chi connectivity index (χ2v) is 4.95. The molecule has 3 aromatic rings. The lowest BCUT2D eigenvalue weighted by atomic mass is 10.2. The van der Waals surface area contributed by atoms with Gasteiger partial charge in [-0.3, -0.25) is 9.97 Å². The highest BCUT2D eigenvalue weighted by molar-refractivity contribution is 7.99. The maximum absolute atomic E-state index is 5.94. The third kappa shape index (κ3) is 2.02. The van der Waals surface area contributed by atoms with Crippen LogP contribution in [0, 0.1) is 0 Å². The van der Waals surface area contributed by atoms with Crippen molar-refractivity contribution >= 4 is 28.4 Å². The second kappa shape index (κ2) is 4.66. The van der Waals surface area contributed by atoms with Crippen molar-refractivity contribution in [1.82, 2.24) is 9.97 Å². The van der Waals surface area contributed by atoms with Crippen molar-refractivity contribution in [3.63, 3.8) is 0 Å². The van der Waals surface area contributed by atoms with Gasteiger partial charge < -0.3 is 5.73 Å². The quantitative estimate of drug-likeness (QED) is 0.711. The Hall–Kier alpha value is -2.07. The number of hydrogen-bond donors (Lipinski definition) is 1. The molecule has 2 aromatic heterocycles. The summed E-state index contributed by atoms with van der Waals surface area (Å²) in [6.45, 7) is 0. The van der Waals surface area contributed by atoms with E-state index < -0.39 is 0 Å². The molecule has 3 rings (SSSR count). The molecule has 0 spiro atoms. The van der Waals surface area contributed by atoms with Crippen LogP contribution in [0.3, 0.4) is 0 Å². The van der Waals surface area contributed by atoms with Gasteiger partial charge in [0.25, 0.3) is 0 Å². The highest BCUT2D eigenvalue weighted by Gasteiger charge is 2.05. The van der Waals surface area contributed by atoms with Crippen molar-refractivity contribution in [2.45, 2.75) is 9.79 Å². The Morgan fingerprint density at radius 3 is 2.61 bits per heavy atom. The van der Waals surface area contributed by atoms with Gasteiger partial charge in [0.15, 0.2) is 0 Å². The first-order valence-electron chi connectivity index (χ1n) is 5.56. The molecule has 2 N–H and O–H groups in total. The normalized spacial score (nSPS) is 10.7. The number of nitrogens with zero attached hydrogens (tertiary/aromatic N) is 2. The monoisotopic (exact) mass is 253 g/mol. The van der Waals surface area contributed by atoms with Crippen molar-refractivity contribution in [1.29, 1.82) is 0 Å². The average Bonchev–Trinajstić information content (AvgIpc) is 2.41. The SMILES string of the molecule is Nc1cccc2c(Sc3ccncc3)ccnc12. The zero-order chi connectivity index (χ0) is 12.4. The Kier molecular flexibility index (Phi) is 2.86. The maximum Gasteiger partial charge on any atom is 0.0942 e. The zero-order valence-electron chi connectivity index (χ0n) is 9.58. The smallest absolute Gasteiger partial charge is 0.0942 e. The van der Waals surface area contributed by atoms with Crippen LogP contribution in [0.25, 0.3) is 10.9 Å². The lowest BCUT2D eigenvalue weighted by Crippen LogP contribution is -1.90. The molecule has 88 valence electrons. The first-order valence-corrected chi connectivity index (χ1v) is 6.37. The third-order valence-corrected chi connectivity index (χ3v) is 3.72. The molecule has 0 amide bonds. The molecule has 18 heavy (non-hydrogen) atoms. The number of aromatic nitrogens is 2. The molecule has 0 bridgehead atoms. The molecule has 0 fully saturated rings. The van der Waals surface area contributed by atoms with Gasteiger partial charge in [0.05, 0.1) is 11.2 Å². The van der Waals surface area contributed by atoms with Crippen molar-refractivity contribution < 1.29 is 0 Å². The minimum atomic E-state index is 0.713. The van der Waals surface area contributed by atoms with E-state index >= 15 is 0 Å². The van der Waals surface area contributed by atoms with E-state index in [2.05, 4.69) is 9.97 Å². The molecule has 0 aliphatic heterocycles. The summed E-state index contributed by atoms with van der Waals surface area (Å²) < 4.78 is 0. The number of benzene rings is 1. The van der Waals surface area contributed by atoms with E-state index in [9.17, 15) is 0 Å². The molecular formula is C14H11N3S. The number of hydrogen-bond acceptors (Lipinski definition) is 4. The molecule has 4 heteroatoms. The van der Waals surface area contributed by atoms with Gasteiger partial charge in [-0.2, -0.15) is 0 Å². The molecule has 0 unspecified atom stereocenters. The number of nitrogen functional groups attached to an aromatic ring is 1. The largest absolute Gasteiger partial charge is 0.397 e. The number of fused-ring (bicyclic) bond motifs is 1. The third-order valence-electron chi connectivity index (χ3n) is 2.64. The van der Waals surface area contributed by atoms with Crippen LogP contribution in [-0.2, 0) is 0 Å². The second-order valence-electron chi connectivity index (χ2n) is 3.84. The maximum atomic E-state index is 5.94. The van der Waals surface area contributed by atoms with Crippen molar-refractivity contribution in [2.24, 2.45) is 0 Å². The van der Waals surface area contributed by atoms with Gasteiger partial charge in [-0.15, -0.1) is 0 Å². The first kappa shape index (κ1) is 11.0. The van der Waals surface area contributed by atoms with E-state index in [4.69, 9.17) is 5.73 Å². The average molecular weight is 253 g/mol. The van der Waals surface area contributed by atoms with Gasteiger partial charge in [-0.25, -0.2) is 0 Å². The predicted molar refractivity (Wildman–Crippen MR) is 74.5 cm³/mol. The van der Waals surface area contributed by atoms with Crippen LogP contribution in [0.1, 0.15) is 0 Å². The molecule has 0 saturated heterocycles. The summed E-state index contributed by atoms with van der Waals surface area (Å²) in [5.74, 6) is 0. The first-order chi connectivity index (χ1) is 8.84. The van der Waals surface area contributed by atoms with Gasteiger partial charge in [0.1, 0.15) is 0 Å². The number of rotatable bonds is 2. The Morgan fingerprint density at radius 2 is 1.78 bits per heavy atom. The molecule has 0 saturated carbocycles. The topological polar surface area (TPSA) is 51.8 Å². The fourth-order valence-corrected chi connectivity index (χ4v) is 2.71. The highest BCUT2D eigenvalue weighted by Crippen LogP contribution is 2.33. The van der Waals surface area contributed by atoms with Crippen molar-refractivity contribution in [3.8, 4) is 0 Å². The van der Waals surface area contributed by atoms with E-state index in [1.807, 2.05) is 36.4 Å². The van der Waals surface area contributed by atoms with E-state index in [0.717, 1.165) is 20.7 Å². The van der Waals surface area contributed by atoms with Gasteiger partial charge >= 0.3 is 0 Å². The van der Waals surface area contributed by atoms with Crippen LogP contribution in [-0.4, -0.2) is 9.97 Å². The lowest BCUT2D eigenvalue weighted by molar-refractivity contribution is 1.26. The van der Waals surface area contributed by atoms with E-state index in [0.29, 0.717) is 5.69 Å². The fraction of sp³-hybridized carbons (Fsp3) is 0. The highest BCUT2D eigenvalue weighted by atomic mass is 32.2. The van der Waals surface area contributed by atoms with Crippen LogP contribution in [0.4, 0.5) is 5.69 Å². The van der Waals surface area contributed by atoms with Gasteiger partial charge in [-0.1, -0.05) is 23.9 Å². The molecule has 3 nitrogen and oxygen atoms in total. The van der Waals surface area contributed by atoms with E-state index in [-0.39, 0.29) is 0 Å². The standard InChI is InChI=1S/C14H11N3S/c15-12-3-1-2-11-13(6-9-17-14(11)12)18-10-4-7-16-8-5-10/h1-9H,15H2. The number of anilines is 1. The molecule has 1 aromatic carbocycles. The number of para-hydroxylation sites is 1. The van der Waals surface area contributed by atoms with Crippen LogP contribution >= 0.6 is 11.8 Å². The molecule has 0 radical (unpaired) electrons. The lowest BCUT2D eigenvalue weighted by Gasteiger charge is -2.06. The Morgan fingerprint density at radius 1 is 0.944 bits per heavy atom. The summed E-state index contributed by atoms with van der Waals surface area (Å²) in [6, 6.07) is 11.9. The van der Waals surface area contributed by atoms with E-state index in [1.165, 1.54) is 0 Å². The molecule has 0 aliphatic rings. The van der Waals surface area contributed by atoms with Crippen LogP contribution < -0.4 is 5.73 Å². The molecule has 0 atom stereocenters. The van der Waals surface area contributed by atoms with E-state index in [1.54, 1.807) is 30.4 Å². The minimum absolute atomic E-state index is 0.713. The van der Waals surface area contributed by atoms with Crippen LogP contribution in [0.15, 0.2) is 64.8 Å². The summed E-state index contributed by atoms with van der Waals surface area (Å²) >= 11 is 1.69. The summed E-state index contributed by atoms with van der Waals surface area (Å²) in [6.07, 6.45) is 5.38. The fourth-order valence-electron chi connectivity index (χ4n) is 1.80. The summed E-state index contributed by atoms with van der Waals surface area (Å²) in [7, 11) is 0. The van der Waals surface area contributed by atoms with Crippen molar-refractivity contribution in [2.75, 3.05) is 5.73 Å². The van der Waals surface area contributed by atoms with Crippen LogP contribution in [0.5, 0.6) is 0 Å². The molecule has 0 aliphatic carbocycles. The number of pyridine rings is 2. The predicted octanol–water partition coefficient (Wildman–Crippen LogP) is 3.36. The van der Waals surface area contributed by atoms with Gasteiger partial charge in [0.2, 0.25) is 0 Å². The molecular weight excluding hydrogens is 242 g/mol. The summed E-state index contributed by atoms with van der Waals surface area (Å²) in [4.78, 5) is 10.7. The number of nitrogens with two attached hydrogens (primary N) is 1. The van der Waals surface area contributed by atoms with Crippen LogP contribution in [0.2, 0.25) is 0 Å². The van der Waals surface area contributed by atoms with Crippen molar-refractivity contribution in [3.05, 3.63) is 55.0 Å². The Bertz CT molecular complexity index is 683. The minimum Gasteiger partial charge on any atom is -0.397 e.